The van der Waals surface area contributed by atoms with Crippen LogP contribution in [0.25, 0.3) is 0 Å². The number of urea groups is 1. The number of amides is 2. The summed E-state index contributed by atoms with van der Waals surface area (Å²) in [6, 6.07) is -0.0732. The van der Waals surface area contributed by atoms with Crippen molar-refractivity contribution in [3.8, 4) is 0 Å². The number of nitrogens with zero attached hydrogens (tertiary/aromatic N) is 2. The standard InChI is InChI=1S/C13H25N3O3/c1-3-15(4-2)10-7-14-13(19)16-8-5-11(6-9-16)12(17)18/h11H,3-10H2,1-2H3,(H,14,19)(H,17,18). The number of carbonyl (C=O) groups excluding carboxylic acids is 1. The Labute approximate surface area is 114 Å². The van der Waals surface area contributed by atoms with Crippen molar-refractivity contribution in [2.75, 3.05) is 39.3 Å². The van der Waals surface area contributed by atoms with Crippen LogP contribution in [-0.2, 0) is 4.79 Å². The molecule has 0 radical (unpaired) electrons. The highest BCUT2D eigenvalue weighted by atomic mass is 16.4. The van der Waals surface area contributed by atoms with Crippen LogP contribution in [0, 0.1) is 5.92 Å². The van der Waals surface area contributed by atoms with Gasteiger partial charge in [0, 0.05) is 26.2 Å². The molecular weight excluding hydrogens is 246 g/mol. The lowest BCUT2D eigenvalue weighted by Crippen LogP contribution is -2.47. The summed E-state index contributed by atoms with van der Waals surface area (Å²) >= 11 is 0. The van der Waals surface area contributed by atoms with Gasteiger partial charge in [-0.1, -0.05) is 13.8 Å². The van der Waals surface area contributed by atoms with Gasteiger partial charge in [-0.3, -0.25) is 4.79 Å². The van der Waals surface area contributed by atoms with Crippen LogP contribution in [-0.4, -0.2) is 66.2 Å². The van der Waals surface area contributed by atoms with E-state index >= 15 is 0 Å². The zero-order chi connectivity index (χ0) is 14.3. The molecule has 1 saturated heterocycles. The molecule has 2 N–H and O–H groups in total. The number of likely N-dealkylation sites (N-methyl/N-ethyl adjacent to an activating group) is 1. The fraction of sp³-hybridized carbons (Fsp3) is 0.846. The van der Waals surface area contributed by atoms with Gasteiger partial charge in [0.1, 0.15) is 0 Å². The van der Waals surface area contributed by atoms with Gasteiger partial charge >= 0.3 is 12.0 Å². The second-order valence-corrected chi connectivity index (χ2v) is 4.86. The van der Waals surface area contributed by atoms with Crippen LogP contribution in [0.3, 0.4) is 0 Å². The fourth-order valence-electron chi connectivity index (χ4n) is 2.30. The van der Waals surface area contributed by atoms with Crippen molar-refractivity contribution < 1.29 is 14.7 Å². The quantitative estimate of drug-likeness (QED) is 0.750. The molecule has 0 atom stereocenters. The molecule has 1 aliphatic heterocycles. The summed E-state index contributed by atoms with van der Waals surface area (Å²) in [7, 11) is 0. The van der Waals surface area contributed by atoms with E-state index in [-0.39, 0.29) is 11.9 Å². The third kappa shape index (κ3) is 5.06. The Hall–Kier alpha value is -1.30. The van der Waals surface area contributed by atoms with Gasteiger partial charge in [-0.25, -0.2) is 4.79 Å². The molecule has 6 nitrogen and oxygen atoms in total. The van der Waals surface area contributed by atoms with E-state index in [4.69, 9.17) is 5.11 Å². The van der Waals surface area contributed by atoms with E-state index in [0.29, 0.717) is 32.5 Å². The van der Waals surface area contributed by atoms with E-state index < -0.39 is 5.97 Å². The maximum absolute atomic E-state index is 11.9. The van der Waals surface area contributed by atoms with Crippen LogP contribution in [0.1, 0.15) is 26.7 Å². The minimum Gasteiger partial charge on any atom is -0.481 e. The maximum atomic E-state index is 11.9. The molecule has 19 heavy (non-hydrogen) atoms. The zero-order valence-corrected chi connectivity index (χ0v) is 11.9. The normalized spacial score (nSPS) is 16.7. The van der Waals surface area contributed by atoms with Gasteiger partial charge in [0.05, 0.1) is 5.92 Å². The van der Waals surface area contributed by atoms with Crippen LogP contribution >= 0.6 is 0 Å². The lowest BCUT2D eigenvalue weighted by molar-refractivity contribution is -0.143. The Morgan fingerprint density at radius 3 is 2.32 bits per heavy atom. The molecule has 1 fully saturated rings. The smallest absolute Gasteiger partial charge is 0.317 e. The Morgan fingerprint density at radius 2 is 1.84 bits per heavy atom. The molecule has 0 aromatic heterocycles. The van der Waals surface area contributed by atoms with Crippen LogP contribution in [0.2, 0.25) is 0 Å². The molecular formula is C13H25N3O3. The Kier molecular flexibility index (Phi) is 6.62. The lowest BCUT2D eigenvalue weighted by atomic mass is 9.97. The zero-order valence-electron chi connectivity index (χ0n) is 11.9. The summed E-state index contributed by atoms with van der Waals surface area (Å²) in [6.45, 7) is 8.72. The minimum absolute atomic E-state index is 0.0732. The van der Waals surface area contributed by atoms with Crippen molar-refractivity contribution in [2.45, 2.75) is 26.7 Å². The molecule has 0 saturated carbocycles. The van der Waals surface area contributed by atoms with Crippen LogP contribution in [0.4, 0.5) is 4.79 Å². The Morgan fingerprint density at radius 1 is 1.26 bits per heavy atom. The maximum Gasteiger partial charge on any atom is 0.317 e. The van der Waals surface area contributed by atoms with E-state index in [0.717, 1.165) is 19.6 Å². The van der Waals surface area contributed by atoms with E-state index in [2.05, 4.69) is 24.1 Å². The first-order chi connectivity index (χ1) is 9.08. The lowest BCUT2D eigenvalue weighted by Gasteiger charge is -2.30. The summed E-state index contributed by atoms with van der Waals surface area (Å²) in [5.74, 6) is -1.04. The monoisotopic (exact) mass is 271 g/mol. The first-order valence-corrected chi connectivity index (χ1v) is 7.06. The van der Waals surface area contributed by atoms with E-state index in [9.17, 15) is 9.59 Å². The fourth-order valence-corrected chi connectivity index (χ4v) is 2.30. The molecule has 6 heteroatoms. The first-order valence-electron chi connectivity index (χ1n) is 7.06. The average Bonchev–Trinajstić information content (AvgIpc) is 2.43. The number of rotatable bonds is 6. The molecule has 1 rings (SSSR count). The summed E-state index contributed by atoms with van der Waals surface area (Å²) in [6.07, 6.45) is 1.11. The largest absolute Gasteiger partial charge is 0.481 e. The third-order valence-electron chi connectivity index (χ3n) is 3.73. The first kappa shape index (κ1) is 15.8. The molecule has 110 valence electrons. The predicted octanol–water partition coefficient (Wildman–Crippen LogP) is 0.834. The van der Waals surface area contributed by atoms with Crippen LogP contribution < -0.4 is 5.32 Å². The summed E-state index contributed by atoms with van der Waals surface area (Å²) in [5, 5.41) is 11.8. The van der Waals surface area contributed by atoms with Gasteiger partial charge < -0.3 is 20.2 Å². The predicted molar refractivity (Wildman–Crippen MR) is 73.1 cm³/mol. The number of likely N-dealkylation sites (tertiary alicyclic amines) is 1. The number of carboxylic acids is 1. The van der Waals surface area contributed by atoms with Crippen LogP contribution in [0.15, 0.2) is 0 Å². The number of carbonyl (C=O) groups is 2. The second-order valence-electron chi connectivity index (χ2n) is 4.86. The number of hydrogen-bond acceptors (Lipinski definition) is 3. The molecule has 0 bridgehead atoms. The Bertz CT molecular complexity index is 298. The van der Waals surface area contributed by atoms with Crippen molar-refractivity contribution >= 4 is 12.0 Å². The number of hydrogen-bond donors (Lipinski definition) is 2. The van der Waals surface area contributed by atoms with Gasteiger partial charge in [0.15, 0.2) is 0 Å². The SMILES string of the molecule is CCN(CC)CCNC(=O)N1CCC(C(=O)O)CC1. The molecule has 0 aromatic rings. The molecule has 1 aliphatic rings. The number of aliphatic carboxylic acids is 1. The van der Waals surface area contributed by atoms with Crippen molar-refractivity contribution in [1.29, 1.82) is 0 Å². The van der Waals surface area contributed by atoms with E-state index in [1.54, 1.807) is 4.90 Å². The molecule has 0 spiro atoms. The molecule has 0 aliphatic carbocycles. The van der Waals surface area contributed by atoms with Gasteiger partial charge in [-0.05, 0) is 25.9 Å². The van der Waals surface area contributed by atoms with Crippen LogP contribution in [0.5, 0.6) is 0 Å². The van der Waals surface area contributed by atoms with Crippen molar-refractivity contribution in [2.24, 2.45) is 5.92 Å². The summed E-state index contributed by atoms with van der Waals surface area (Å²) in [5.41, 5.74) is 0. The molecule has 0 aromatic carbocycles. The molecule has 2 amide bonds. The van der Waals surface area contributed by atoms with Crippen molar-refractivity contribution in [1.82, 2.24) is 15.1 Å². The van der Waals surface area contributed by atoms with E-state index in [1.807, 2.05) is 0 Å². The van der Waals surface area contributed by atoms with Crippen molar-refractivity contribution in [3.63, 3.8) is 0 Å². The summed E-state index contributed by atoms with van der Waals surface area (Å²) < 4.78 is 0. The molecule has 0 unspecified atom stereocenters. The third-order valence-corrected chi connectivity index (χ3v) is 3.73. The highest BCUT2D eigenvalue weighted by Crippen LogP contribution is 2.16. The van der Waals surface area contributed by atoms with Gasteiger partial charge in [0.2, 0.25) is 0 Å². The highest BCUT2D eigenvalue weighted by molar-refractivity contribution is 5.75. The van der Waals surface area contributed by atoms with E-state index in [1.165, 1.54) is 0 Å². The second kappa shape index (κ2) is 7.99. The highest BCUT2D eigenvalue weighted by Gasteiger charge is 2.26. The average molecular weight is 271 g/mol. The molecule has 1 heterocycles. The van der Waals surface area contributed by atoms with Gasteiger partial charge in [0.25, 0.3) is 0 Å². The van der Waals surface area contributed by atoms with Gasteiger partial charge in [-0.2, -0.15) is 0 Å². The number of nitrogens with one attached hydrogen (secondary N) is 1. The topological polar surface area (TPSA) is 72.9 Å². The van der Waals surface area contributed by atoms with Crippen molar-refractivity contribution in [3.05, 3.63) is 0 Å². The number of piperidine rings is 1. The van der Waals surface area contributed by atoms with Gasteiger partial charge in [-0.15, -0.1) is 0 Å². The Balaban J connectivity index is 2.22. The number of carboxylic acid groups (broad SMARTS) is 1. The minimum atomic E-state index is -0.749. The summed E-state index contributed by atoms with van der Waals surface area (Å²) in [4.78, 5) is 26.7.